The van der Waals surface area contributed by atoms with Crippen LogP contribution in [0.25, 0.3) is 21.1 Å². The summed E-state index contributed by atoms with van der Waals surface area (Å²) in [5, 5.41) is 5.06. The van der Waals surface area contributed by atoms with Crippen molar-refractivity contribution in [1.29, 1.82) is 0 Å². The molecule has 0 aliphatic heterocycles. The van der Waals surface area contributed by atoms with Gasteiger partial charge in [-0.1, -0.05) is 6.07 Å². The van der Waals surface area contributed by atoms with Gasteiger partial charge in [0.2, 0.25) is 0 Å². The second kappa shape index (κ2) is 6.90. The molecule has 2 aromatic heterocycles. The number of carbonyl (C=O) groups excluding carboxylic acids is 1. The number of amides is 1. The van der Waals surface area contributed by atoms with E-state index in [2.05, 4.69) is 14.9 Å². The lowest BCUT2D eigenvalue weighted by Crippen LogP contribution is -2.12. The van der Waals surface area contributed by atoms with Gasteiger partial charge in [0.1, 0.15) is 0 Å². The molecular formula is C20H19N3O2S. The smallest absolute Gasteiger partial charge is 0.255 e. The number of methoxy groups -OCH3 is 1. The van der Waals surface area contributed by atoms with E-state index in [9.17, 15) is 4.79 Å². The predicted octanol–water partition coefficient (Wildman–Crippen LogP) is 4.46. The third kappa shape index (κ3) is 3.09. The van der Waals surface area contributed by atoms with Crippen LogP contribution in [0.2, 0.25) is 0 Å². The Morgan fingerprint density at radius 2 is 2.15 bits per heavy atom. The standard InChI is InChI=1S/C20H19N3O2S/c1-13-21-17-7-6-14(12-19(17)26-13)20(24)22-16-4-3-5-18-15(16)8-9-23(18)10-11-25-2/h3-9,12H,10-11H2,1-2H3,(H,22,24). The molecule has 4 aromatic rings. The van der Waals surface area contributed by atoms with Crippen LogP contribution in [0.4, 0.5) is 5.69 Å². The topological polar surface area (TPSA) is 56.1 Å². The van der Waals surface area contributed by atoms with Gasteiger partial charge in [0.15, 0.2) is 0 Å². The molecule has 0 atom stereocenters. The van der Waals surface area contributed by atoms with E-state index >= 15 is 0 Å². The first-order valence-electron chi connectivity index (χ1n) is 8.41. The minimum absolute atomic E-state index is 0.116. The van der Waals surface area contributed by atoms with Crippen LogP contribution in [0.15, 0.2) is 48.7 Å². The lowest BCUT2D eigenvalue weighted by molar-refractivity contribution is 0.102. The Bertz CT molecular complexity index is 1100. The van der Waals surface area contributed by atoms with E-state index in [1.807, 2.05) is 55.6 Å². The SMILES string of the molecule is COCCn1ccc2c(NC(=O)c3ccc4nc(C)sc4c3)cccc21. The molecular weight excluding hydrogens is 346 g/mol. The van der Waals surface area contributed by atoms with Gasteiger partial charge in [-0.25, -0.2) is 4.98 Å². The van der Waals surface area contributed by atoms with Crippen molar-refractivity contribution in [2.24, 2.45) is 0 Å². The molecule has 0 unspecified atom stereocenters. The lowest BCUT2D eigenvalue weighted by Gasteiger charge is -2.09. The average Bonchev–Trinajstić information content (AvgIpc) is 3.22. The number of ether oxygens (including phenoxy) is 1. The van der Waals surface area contributed by atoms with Crippen molar-refractivity contribution >= 4 is 44.1 Å². The molecule has 1 amide bonds. The summed E-state index contributed by atoms with van der Waals surface area (Å²) in [5.74, 6) is -0.116. The van der Waals surface area contributed by atoms with Crippen molar-refractivity contribution in [1.82, 2.24) is 9.55 Å². The van der Waals surface area contributed by atoms with Crippen molar-refractivity contribution in [3.05, 3.63) is 59.2 Å². The number of thiazole rings is 1. The van der Waals surface area contributed by atoms with Gasteiger partial charge < -0.3 is 14.6 Å². The molecule has 0 saturated carbocycles. The minimum atomic E-state index is -0.116. The summed E-state index contributed by atoms with van der Waals surface area (Å²) in [7, 11) is 1.69. The van der Waals surface area contributed by atoms with E-state index in [-0.39, 0.29) is 5.91 Å². The molecule has 5 nitrogen and oxygen atoms in total. The first-order valence-corrected chi connectivity index (χ1v) is 9.23. The minimum Gasteiger partial charge on any atom is -0.383 e. The van der Waals surface area contributed by atoms with Crippen LogP contribution >= 0.6 is 11.3 Å². The molecule has 0 saturated heterocycles. The Hall–Kier alpha value is -2.70. The largest absolute Gasteiger partial charge is 0.383 e. The molecule has 0 radical (unpaired) electrons. The third-order valence-corrected chi connectivity index (χ3v) is 5.29. The first-order chi connectivity index (χ1) is 12.7. The fourth-order valence-electron chi connectivity index (χ4n) is 3.09. The monoisotopic (exact) mass is 365 g/mol. The van der Waals surface area contributed by atoms with E-state index in [0.29, 0.717) is 12.2 Å². The normalized spacial score (nSPS) is 11.3. The van der Waals surface area contributed by atoms with Gasteiger partial charge in [-0.15, -0.1) is 11.3 Å². The molecule has 0 fully saturated rings. The molecule has 132 valence electrons. The Morgan fingerprint density at radius 3 is 3.00 bits per heavy atom. The van der Waals surface area contributed by atoms with Gasteiger partial charge in [0.05, 0.1) is 33.0 Å². The maximum Gasteiger partial charge on any atom is 0.255 e. The van der Waals surface area contributed by atoms with E-state index in [1.54, 1.807) is 18.4 Å². The van der Waals surface area contributed by atoms with Gasteiger partial charge in [-0.3, -0.25) is 4.79 Å². The summed E-state index contributed by atoms with van der Waals surface area (Å²) in [5.41, 5.74) is 3.45. The molecule has 0 spiro atoms. The molecule has 4 rings (SSSR count). The van der Waals surface area contributed by atoms with E-state index in [4.69, 9.17) is 4.74 Å². The van der Waals surface area contributed by atoms with Crippen molar-refractivity contribution in [3.8, 4) is 0 Å². The molecule has 2 heterocycles. The fourth-order valence-corrected chi connectivity index (χ4v) is 3.96. The molecule has 0 aliphatic rings. The van der Waals surface area contributed by atoms with Gasteiger partial charge in [0, 0.05) is 30.8 Å². The number of rotatable bonds is 5. The average molecular weight is 365 g/mol. The van der Waals surface area contributed by atoms with Crippen molar-refractivity contribution in [2.45, 2.75) is 13.5 Å². The Labute approximate surface area is 155 Å². The highest BCUT2D eigenvalue weighted by atomic mass is 32.1. The van der Waals surface area contributed by atoms with Crippen LogP contribution in [-0.2, 0) is 11.3 Å². The number of hydrogen-bond donors (Lipinski definition) is 1. The van der Waals surface area contributed by atoms with Crippen LogP contribution in [0.1, 0.15) is 15.4 Å². The predicted molar refractivity (Wildman–Crippen MR) is 106 cm³/mol. The second-order valence-corrected chi connectivity index (χ2v) is 7.34. The lowest BCUT2D eigenvalue weighted by atomic mass is 10.1. The molecule has 2 aromatic carbocycles. The quantitative estimate of drug-likeness (QED) is 0.568. The number of hydrogen-bond acceptors (Lipinski definition) is 4. The van der Waals surface area contributed by atoms with Crippen molar-refractivity contribution < 1.29 is 9.53 Å². The van der Waals surface area contributed by atoms with Gasteiger partial charge in [0.25, 0.3) is 5.91 Å². The van der Waals surface area contributed by atoms with Crippen LogP contribution in [0.3, 0.4) is 0 Å². The second-order valence-electron chi connectivity index (χ2n) is 6.11. The van der Waals surface area contributed by atoms with Crippen LogP contribution in [0, 0.1) is 6.92 Å². The summed E-state index contributed by atoms with van der Waals surface area (Å²) in [6.45, 7) is 3.40. The van der Waals surface area contributed by atoms with Crippen LogP contribution < -0.4 is 5.32 Å². The summed E-state index contributed by atoms with van der Waals surface area (Å²) in [6.07, 6.45) is 2.02. The third-order valence-electron chi connectivity index (χ3n) is 4.36. The fraction of sp³-hybridized carbons (Fsp3) is 0.200. The first kappa shape index (κ1) is 16.8. The zero-order valence-electron chi connectivity index (χ0n) is 14.7. The maximum absolute atomic E-state index is 12.7. The summed E-state index contributed by atoms with van der Waals surface area (Å²) in [6, 6.07) is 13.6. The van der Waals surface area contributed by atoms with Gasteiger partial charge in [-0.2, -0.15) is 0 Å². The number of nitrogens with one attached hydrogen (secondary N) is 1. The number of nitrogens with zero attached hydrogens (tertiary/aromatic N) is 2. The maximum atomic E-state index is 12.7. The van der Waals surface area contributed by atoms with Crippen molar-refractivity contribution in [3.63, 3.8) is 0 Å². The van der Waals surface area contributed by atoms with Crippen molar-refractivity contribution in [2.75, 3.05) is 19.0 Å². The highest BCUT2D eigenvalue weighted by Gasteiger charge is 2.12. The Balaban J connectivity index is 1.63. The number of carbonyl (C=O) groups is 1. The molecule has 0 aliphatic carbocycles. The summed E-state index contributed by atoms with van der Waals surface area (Å²) in [4.78, 5) is 17.2. The summed E-state index contributed by atoms with van der Waals surface area (Å²) >= 11 is 1.60. The zero-order chi connectivity index (χ0) is 18.1. The van der Waals surface area contributed by atoms with Crippen LogP contribution in [-0.4, -0.2) is 29.2 Å². The number of aryl methyl sites for hydroxylation is 1. The zero-order valence-corrected chi connectivity index (χ0v) is 15.5. The van der Waals surface area contributed by atoms with E-state index in [1.165, 1.54) is 0 Å². The molecule has 1 N–H and O–H groups in total. The Kier molecular flexibility index (Phi) is 4.44. The van der Waals surface area contributed by atoms with Gasteiger partial charge >= 0.3 is 0 Å². The van der Waals surface area contributed by atoms with E-state index < -0.39 is 0 Å². The molecule has 6 heteroatoms. The highest BCUT2D eigenvalue weighted by Crippen LogP contribution is 2.26. The van der Waals surface area contributed by atoms with E-state index in [0.717, 1.165) is 38.4 Å². The molecule has 26 heavy (non-hydrogen) atoms. The Morgan fingerprint density at radius 1 is 1.27 bits per heavy atom. The number of anilines is 1. The number of benzene rings is 2. The number of aromatic nitrogens is 2. The summed E-state index contributed by atoms with van der Waals surface area (Å²) < 4.78 is 8.31. The molecule has 0 bridgehead atoms. The van der Waals surface area contributed by atoms with Gasteiger partial charge in [-0.05, 0) is 43.3 Å². The highest BCUT2D eigenvalue weighted by molar-refractivity contribution is 7.18. The number of fused-ring (bicyclic) bond motifs is 2. The van der Waals surface area contributed by atoms with Crippen LogP contribution in [0.5, 0.6) is 0 Å².